The van der Waals surface area contributed by atoms with E-state index in [0.29, 0.717) is 38.0 Å². The molecule has 4 rings (SSSR count). The van der Waals surface area contributed by atoms with E-state index in [9.17, 15) is 22.8 Å². The monoisotopic (exact) mass is 527 g/mol. The second kappa shape index (κ2) is 10.9. The van der Waals surface area contributed by atoms with Crippen LogP contribution in [0.4, 0.5) is 13.2 Å². The molecule has 36 heavy (non-hydrogen) atoms. The van der Waals surface area contributed by atoms with Crippen molar-refractivity contribution < 1.29 is 32.7 Å². The minimum atomic E-state index is -5.08. The molecule has 0 unspecified atom stereocenters. The number of rotatable bonds is 3. The largest absolute Gasteiger partial charge is 0.490 e. The van der Waals surface area contributed by atoms with Crippen molar-refractivity contribution >= 4 is 29.1 Å². The van der Waals surface area contributed by atoms with Gasteiger partial charge in [0, 0.05) is 57.0 Å². The highest BCUT2D eigenvalue weighted by Gasteiger charge is 2.50. The van der Waals surface area contributed by atoms with Gasteiger partial charge in [0.05, 0.1) is 16.3 Å². The third-order valence-electron chi connectivity index (χ3n) is 6.35. The molecule has 2 saturated heterocycles. The highest BCUT2D eigenvalue weighted by molar-refractivity contribution is 7.09. The fourth-order valence-corrected chi connectivity index (χ4v) is 4.97. The quantitative estimate of drug-likeness (QED) is 0.654. The number of carbonyl (C=O) groups excluding carboxylic acids is 2. The van der Waals surface area contributed by atoms with Crippen LogP contribution < -0.4 is 0 Å². The van der Waals surface area contributed by atoms with Gasteiger partial charge in [0.15, 0.2) is 0 Å². The first-order valence-corrected chi connectivity index (χ1v) is 12.1. The summed E-state index contributed by atoms with van der Waals surface area (Å²) in [5.74, 6) is -2.60. The summed E-state index contributed by atoms with van der Waals surface area (Å²) in [5, 5.41) is 10.2. The van der Waals surface area contributed by atoms with Crippen molar-refractivity contribution in [1.82, 2.24) is 24.7 Å². The molecule has 0 saturated carbocycles. The Kier molecular flexibility index (Phi) is 8.34. The summed E-state index contributed by atoms with van der Waals surface area (Å²) >= 11 is 1.64. The van der Waals surface area contributed by atoms with Crippen molar-refractivity contribution in [3.63, 3.8) is 0 Å². The predicted molar refractivity (Wildman–Crippen MR) is 125 cm³/mol. The standard InChI is InChI=1S/C21H27N5O2S.C2HF3O2/c1-15-4-5-17(12-22-15)19(27)25-8-6-21(7-9-25)20(28)24(3)10-11-26(21)13-18-14-29-16(2)23-18;3-2(4,5)1(6)7/h4-5,12,14H,6-11,13H2,1-3H3;(H,6,7). The van der Waals surface area contributed by atoms with Crippen molar-refractivity contribution in [2.75, 3.05) is 33.2 Å². The number of thiazole rings is 1. The zero-order valence-electron chi connectivity index (χ0n) is 20.2. The Morgan fingerprint density at radius 3 is 2.28 bits per heavy atom. The van der Waals surface area contributed by atoms with Gasteiger partial charge in [-0.25, -0.2) is 9.78 Å². The van der Waals surface area contributed by atoms with Gasteiger partial charge in [-0.05, 0) is 38.8 Å². The van der Waals surface area contributed by atoms with Gasteiger partial charge in [0.25, 0.3) is 5.91 Å². The minimum absolute atomic E-state index is 0.00867. The number of aliphatic carboxylic acids is 1. The molecule has 2 aromatic rings. The van der Waals surface area contributed by atoms with Crippen LogP contribution in [0.25, 0.3) is 0 Å². The van der Waals surface area contributed by atoms with Crippen LogP contribution in [0.2, 0.25) is 0 Å². The van der Waals surface area contributed by atoms with Crippen LogP contribution in [0.5, 0.6) is 0 Å². The molecular formula is C23H28F3N5O4S. The molecule has 2 aliphatic rings. The van der Waals surface area contributed by atoms with Crippen LogP contribution in [0, 0.1) is 13.8 Å². The number of aryl methyl sites for hydroxylation is 2. The molecule has 1 N–H and O–H groups in total. The number of piperidine rings is 1. The Morgan fingerprint density at radius 2 is 1.78 bits per heavy atom. The second-order valence-electron chi connectivity index (χ2n) is 8.82. The van der Waals surface area contributed by atoms with E-state index in [1.165, 1.54) is 0 Å². The number of likely N-dealkylation sites (tertiary alicyclic amines) is 1. The van der Waals surface area contributed by atoms with Gasteiger partial charge >= 0.3 is 12.1 Å². The SMILES string of the molecule is Cc1ccc(C(=O)N2CCC3(CC2)C(=O)N(C)CCN3Cc2csc(C)n2)cn1.O=C(O)C(F)(F)F. The maximum atomic E-state index is 13.2. The molecule has 0 bridgehead atoms. The van der Waals surface area contributed by atoms with Crippen molar-refractivity contribution in [2.45, 2.75) is 44.9 Å². The molecule has 0 aromatic carbocycles. The number of likely N-dealkylation sites (N-methyl/N-ethyl adjacent to an activating group) is 1. The van der Waals surface area contributed by atoms with Crippen LogP contribution in [-0.4, -0.2) is 92.5 Å². The lowest BCUT2D eigenvalue weighted by atomic mass is 9.82. The van der Waals surface area contributed by atoms with Gasteiger partial charge in [-0.3, -0.25) is 19.5 Å². The predicted octanol–water partition coefficient (Wildman–Crippen LogP) is 2.74. The van der Waals surface area contributed by atoms with E-state index in [-0.39, 0.29) is 11.8 Å². The molecule has 2 amide bonds. The summed E-state index contributed by atoms with van der Waals surface area (Å²) in [5.41, 5.74) is 1.97. The van der Waals surface area contributed by atoms with Crippen LogP contribution in [0.3, 0.4) is 0 Å². The Labute approximate surface area is 210 Å². The highest BCUT2D eigenvalue weighted by Crippen LogP contribution is 2.35. The van der Waals surface area contributed by atoms with Gasteiger partial charge in [-0.15, -0.1) is 11.3 Å². The van der Waals surface area contributed by atoms with Gasteiger partial charge in [0.2, 0.25) is 5.91 Å². The normalized spacial score (nSPS) is 18.1. The molecule has 0 atom stereocenters. The topological polar surface area (TPSA) is 107 Å². The summed E-state index contributed by atoms with van der Waals surface area (Å²) in [7, 11) is 1.88. The molecule has 0 radical (unpaired) electrons. The van der Waals surface area contributed by atoms with Gasteiger partial charge in [-0.2, -0.15) is 13.2 Å². The van der Waals surface area contributed by atoms with E-state index >= 15 is 0 Å². The van der Waals surface area contributed by atoms with Gasteiger partial charge in [0.1, 0.15) is 5.54 Å². The number of carboxylic acid groups (broad SMARTS) is 1. The summed E-state index contributed by atoms with van der Waals surface area (Å²) in [6.07, 6.45) is -2.16. The van der Waals surface area contributed by atoms with Crippen molar-refractivity contribution in [3.8, 4) is 0 Å². The molecule has 2 fully saturated rings. The Bertz CT molecular complexity index is 1100. The number of aromatic nitrogens is 2. The van der Waals surface area contributed by atoms with Gasteiger partial charge < -0.3 is 14.9 Å². The van der Waals surface area contributed by atoms with Crippen LogP contribution >= 0.6 is 11.3 Å². The molecule has 4 heterocycles. The third-order valence-corrected chi connectivity index (χ3v) is 7.18. The Hall–Kier alpha value is -3.06. The zero-order valence-corrected chi connectivity index (χ0v) is 21.0. The maximum Gasteiger partial charge on any atom is 0.490 e. The molecule has 2 aliphatic heterocycles. The molecule has 9 nitrogen and oxygen atoms in total. The van der Waals surface area contributed by atoms with Crippen LogP contribution in [0.15, 0.2) is 23.7 Å². The second-order valence-corrected chi connectivity index (χ2v) is 9.88. The summed E-state index contributed by atoms with van der Waals surface area (Å²) in [6.45, 7) is 7.28. The van der Waals surface area contributed by atoms with Gasteiger partial charge in [-0.1, -0.05) is 0 Å². The number of amides is 2. The summed E-state index contributed by atoms with van der Waals surface area (Å²) < 4.78 is 31.7. The minimum Gasteiger partial charge on any atom is -0.475 e. The number of hydrogen-bond acceptors (Lipinski definition) is 7. The molecular weight excluding hydrogens is 499 g/mol. The summed E-state index contributed by atoms with van der Waals surface area (Å²) in [6, 6.07) is 3.68. The fraction of sp³-hybridized carbons (Fsp3) is 0.522. The van der Waals surface area contributed by atoms with Crippen LogP contribution in [0.1, 0.15) is 39.6 Å². The lowest BCUT2D eigenvalue weighted by Crippen LogP contribution is -2.68. The zero-order chi connectivity index (χ0) is 26.7. The number of hydrogen-bond donors (Lipinski definition) is 1. The Balaban J connectivity index is 0.000000454. The van der Waals surface area contributed by atoms with E-state index in [4.69, 9.17) is 9.90 Å². The first-order chi connectivity index (χ1) is 16.8. The van der Waals surface area contributed by atoms with E-state index in [0.717, 1.165) is 29.5 Å². The molecule has 196 valence electrons. The average Bonchev–Trinajstić information content (AvgIpc) is 3.24. The number of halogens is 3. The lowest BCUT2D eigenvalue weighted by Gasteiger charge is -2.52. The number of pyridine rings is 1. The highest BCUT2D eigenvalue weighted by atomic mass is 32.1. The molecule has 1 spiro atoms. The third kappa shape index (κ3) is 6.19. The Morgan fingerprint density at radius 1 is 1.14 bits per heavy atom. The van der Waals surface area contributed by atoms with Crippen molar-refractivity contribution in [3.05, 3.63) is 45.7 Å². The molecule has 0 aliphatic carbocycles. The number of carbonyl (C=O) groups is 3. The lowest BCUT2D eigenvalue weighted by molar-refractivity contribution is -0.192. The molecule has 2 aromatic heterocycles. The number of alkyl halides is 3. The average molecular weight is 528 g/mol. The van der Waals surface area contributed by atoms with Crippen molar-refractivity contribution in [2.24, 2.45) is 0 Å². The van der Waals surface area contributed by atoms with E-state index in [1.807, 2.05) is 42.8 Å². The number of nitrogens with zero attached hydrogens (tertiary/aromatic N) is 5. The number of piperazine rings is 1. The first-order valence-electron chi connectivity index (χ1n) is 11.3. The molecule has 13 heteroatoms. The first kappa shape index (κ1) is 27.5. The fourth-order valence-electron chi connectivity index (χ4n) is 4.37. The maximum absolute atomic E-state index is 13.2. The smallest absolute Gasteiger partial charge is 0.475 e. The van der Waals surface area contributed by atoms with Crippen LogP contribution in [-0.2, 0) is 16.1 Å². The number of carboxylic acids is 1. The van der Waals surface area contributed by atoms with Crippen molar-refractivity contribution in [1.29, 1.82) is 0 Å². The van der Waals surface area contributed by atoms with E-state index in [2.05, 4.69) is 20.2 Å². The van der Waals surface area contributed by atoms with E-state index in [1.54, 1.807) is 17.5 Å². The summed E-state index contributed by atoms with van der Waals surface area (Å²) in [4.78, 5) is 49.8. The van der Waals surface area contributed by atoms with E-state index < -0.39 is 17.7 Å².